The number of methoxy groups -OCH3 is 1. The predicted octanol–water partition coefficient (Wildman–Crippen LogP) is 3.40. The van der Waals surface area contributed by atoms with Crippen LogP contribution in [0.2, 0.25) is 0 Å². The van der Waals surface area contributed by atoms with Gasteiger partial charge in [0, 0.05) is 0 Å². The third-order valence-electron chi connectivity index (χ3n) is 2.04. The van der Waals surface area contributed by atoms with Crippen LogP contribution in [0.5, 0.6) is 11.5 Å². The molecule has 0 fully saturated rings. The molecule has 0 saturated heterocycles. The van der Waals surface area contributed by atoms with Crippen molar-refractivity contribution in [1.82, 2.24) is 0 Å². The van der Waals surface area contributed by atoms with Gasteiger partial charge in [-0.2, -0.15) is 0 Å². The molecule has 0 aliphatic heterocycles. The molecule has 1 atom stereocenters. The maximum Gasteiger partial charge on any atom is 0.573 e. The summed E-state index contributed by atoms with van der Waals surface area (Å²) in [5.74, 6) is -1.53. The monoisotopic (exact) mass is 282 g/mol. The Morgan fingerprint density at radius 1 is 1.39 bits per heavy atom. The molecule has 1 aromatic rings. The molecule has 0 bridgehead atoms. The second kappa shape index (κ2) is 5.48. The molecule has 0 aliphatic carbocycles. The lowest BCUT2D eigenvalue weighted by Gasteiger charge is -2.16. The SMILES string of the molecule is COc1cccc(C(=O)C(C)Cl)c1OC(F)(F)F. The molecule has 0 saturated carbocycles. The number of hydrogen-bond donors (Lipinski definition) is 0. The number of ether oxygens (including phenoxy) is 2. The second-order valence-corrected chi connectivity index (χ2v) is 4.02. The third-order valence-corrected chi connectivity index (χ3v) is 2.24. The molecular weight excluding hydrogens is 273 g/mol. The smallest absolute Gasteiger partial charge is 0.493 e. The molecule has 1 unspecified atom stereocenters. The summed E-state index contributed by atoms with van der Waals surface area (Å²) >= 11 is 5.57. The summed E-state index contributed by atoms with van der Waals surface area (Å²) < 4.78 is 45.4. The number of para-hydroxylation sites is 1. The van der Waals surface area contributed by atoms with E-state index in [0.29, 0.717) is 0 Å². The van der Waals surface area contributed by atoms with Crippen LogP contribution in [0.4, 0.5) is 13.2 Å². The minimum absolute atomic E-state index is 0.185. The van der Waals surface area contributed by atoms with Crippen molar-refractivity contribution in [3.8, 4) is 11.5 Å². The highest BCUT2D eigenvalue weighted by Gasteiger charge is 2.35. The number of alkyl halides is 4. The number of halogens is 4. The highest BCUT2D eigenvalue weighted by atomic mass is 35.5. The summed E-state index contributed by atoms with van der Waals surface area (Å²) in [6.45, 7) is 1.36. The Hall–Kier alpha value is -1.43. The Labute approximate surface area is 106 Å². The van der Waals surface area contributed by atoms with Gasteiger partial charge >= 0.3 is 6.36 Å². The molecular formula is C11H10ClF3O3. The number of carbonyl (C=O) groups is 1. The van der Waals surface area contributed by atoms with E-state index in [4.69, 9.17) is 16.3 Å². The summed E-state index contributed by atoms with van der Waals surface area (Å²) in [6, 6.07) is 3.84. The Bertz CT molecular complexity index is 444. The summed E-state index contributed by atoms with van der Waals surface area (Å²) in [6.07, 6.45) is -4.92. The minimum atomic E-state index is -4.92. The van der Waals surface area contributed by atoms with Crippen molar-refractivity contribution >= 4 is 17.4 Å². The van der Waals surface area contributed by atoms with Crippen molar-refractivity contribution in [2.45, 2.75) is 18.7 Å². The molecule has 0 N–H and O–H groups in total. The molecule has 0 aliphatic rings. The van der Waals surface area contributed by atoms with Gasteiger partial charge in [-0.15, -0.1) is 24.8 Å². The normalized spacial score (nSPS) is 13.0. The van der Waals surface area contributed by atoms with Gasteiger partial charge in [0.15, 0.2) is 17.3 Å². The van der Waals surface area contributed by atoms with E-state index < -0.39 is 23.3 Å². The first-order valence-electron chi connectivity index (χ1n) is 4.87. The number of carbonyl (C=O) groups excluding carboxylic acids is 1. The number of hydrogen-bond acceptors (Lipinski definition) is 3. The lowest BCUT2D eigenvalue weighted by molar-refractivity contribution is -0.275. The van der Waals surface area contributed by atoms with Crippen molar-refractivity contribution in [3.05, 3.63) is 23.8 Å². The number of ketones is 1. The van der Waals surface area contributed by atoms with E-state index in [0.717, 1.165) is 0 Å². The molecule has 3 nitrogen and oxygen atoms in total. The van der Waals surface area contributed by atoms with Gasteiger partial charge in [-0.3, -0.25) is 4.79 Å². The first-order chi connectivity index (χ1) is 8.26. The lowest BCUT2D eigenvalue weighted by atomic mass is 10.1. The lowest BCUT2D eigenvalue weighted by Crippen LogP contribution is -2.21. The predicted molar refractivity (Wildman–Crippen MR) is 59.3 cm³/mol. The van der Waals surface area contributed by atoms with Crippen LogP contribution in [0.1, 0.15) is 17.3 Å². The maximum absolute atomic E-state index is 12.3. The fourth-order valence-electron chi connectivity index (χ4n) is 1.31. The van der Waals surface area contributed by atoms with Crippen LogP contribution >= 0.6 is 11.6 Å². The molecule has 18 heavy (non-hydrogen) atoms. The van der Waals surface area contributed by atoms with E-state index in [2.05, 4.69) is 4.74 Å². The topological polar surface area (TPSA) is 35.5 Å². The zero-order valence-electron chi connectivity index (χ0n) is 9.55. The van der Waals surface area contributed by atoms with E-state index in [1.165, 1.54) is 32.2 Å². The van der Waals surface area contributed by atoms with Crippen molar-refractivity contribution in [3.63, 3.8) is 0 Å². The van der Waals surface area contributed by atoms with Crippen LogP contribution in [0.3, 0.4) is 0 Å². The highest BCUT2D eigenvalue weighted by molar-refractivity contribution is 6.34. The van der Waals surface area contributed by atoms with Crippen LogP contribution in [0, 0.1) is 0 Å². The van der Waals surface area contributed by atoms with Crippen LogP contribution in [0.25, 0.3) is 0 Å². The Morgan fingerprint density at radius 3 is 2.44 bits per heavy atom. The largest absolute Gasteiger partial charge is 0.573 e. The fourth-order valence-corrected chi connectivity index (χ4v) is 1.42. The Balaban J connectivity index is 3.29. The molecule has 0 amide bonds. The van der Waals surface area contributed by atoms with Gasteiger partial charge < -0.3 is 9.47 Å². The maximum atomic E-state index is 12.3. The minimum Gasteiger partial charge on any atom is -0.493 e. The van der Waals surface area contributed by atoms with E-state index in [9.17, 15) is 18.0 Å². The summed E-state index contributed by atoms with van der Waals surface area (Å²) in [5.41, 5.74) is -0.269. The van der Waals surface area contributed by atoms with E-state index in [1.54, 1.807) is 0 Å². The molecule has 0 aromatic heterocycles. The van der Waals surface area contributed by atoms with Crippen LogP contribution < -0.4 is 9.47 Å². The van der Waals surface area contributed by atoms with Gasteiger partial charge in [-0.1, -0.05) is 6.07 Å². The van der Waals surface area contributed by atoms with Crippen molar-refractivity contribution < 1.29 is 27.4 Å². The first-order valence-corrected chi connectivity index (χ1v) is 5.31. The molecule has 0 radical (unpaired) electrons. The van der Waals surface area contributed by atoms with E-state index >= 15 is 0 Å². The zero-order chi connectivity index (χ0) is 13.9. The quantitative estimate of drug-likeness (QED) is 0.627. The van der Waals surface area contributed by atoms with Gasteiger partial charge in [-0.25, -0.2) is 0 Å². The molecule has 0 heterocycles. The van der Waals surface area contributed by atoms with E-state index in [-0.39, 0.29) is 11.3 Å². The Morgan fingerprint density at radius 2 is 2.00 bits per heavy atom. The summed E-state index contributed by atoms with van der Waals surface area (Å²) in [4.78, 5) is 11.7. The average molecular weight is 283 g/mol. The number of Topliss-reactive ketones (excluding diaryl/α,β-unsaturated/α-hetero) is 1. The molecule has 7 heteroatoms. The van der Waals surface area contributed by atoms with Gasteiger partial charge in [-0.05, 0) is 19.1 Å². The highest BCUT2D eigenvalue weighted by Crippen LogP contribution is 2.36. The third kappa shape index (κ3) is 3.53. The zero-order valence-corrected chi connectivity index (χ0v) is 10.3. The van der Waals surface area contributed by atoms with Gasteiger partial charge in [0.2, 0.25) is 0 Å². The molecule has 0 spiro atoms. The molecule has 100 valence electrons. The van der Waals surface area contributed by atoms with Gasteiger partial charge in [0.1, 0.15) is 0 Å². The number of rotatable bonds is 4. The van der Waals surface area contributed by atoms with Gasteiger partial charge in [0.05, 0.1) is 18.1 Å². The van der Waals surface area contributed by atoms with Gasteiger partial charge in [0.25, 0.3) is 0 Å². The standard InChI is InChI=1S/C11H10ClF3O3/c1-6(12)9(16)7-4-3-5-8(17-2)10(7)18-11(13,14)15/h3-6H,1-2H3. The number of benzene rings is 1. The summed E-state index contributed by atoms with van der Waals surface area (Å²) in [7, 11) is 1.18. The molecule has 1 aromatic carbocycles. The van der Waals surface area contributed by atoms with Crippen LogP contribution in [0.15, 0.2) is 18.2 Å². The van der Waals surface area contributed by atoms with E-state index in [1.807, 2.05) is 0 Å². The summed E-state index contributed by atoms with van der Waals surface area (Å²) in [5, 5.41) is -0.965. The second-order valence-electron chi connectivity index (χ2n) is 3.37. The van der Waals surface area contributed by atoms with Crippen molar-refractivity contribution in [2.75, 3.05) is 7.11 Å². The fraction of sp³-hybridized carbons (Fsp3) is 0.364. The van der Waals surface area contributed by atoms with Crippen molar-refractivity contribution in [2.24, 2.45) is 0 Å². The average Bonchev–Trinajstić information content (AvgIpc) is 2.26. The first kappa shape index (κ1) is 14.6. The van der Waals surface area contributed by atoms with Crippen molar-refractivity contribution in [1.29, 1.82) is 0 Å². The Kier molecular flexibility index (Phi) is 4.45. The van der Waals surface area contributed by atoms with Crippen LogP contribution in [-0.4, -0.2) is 24.6 Å². The van der Waals surface area contributed by atoms with Crippen LogP contribution in [-0.2, 0) is 0 Å². The molecule has 1 rings (SSSR count).